The van der Waals surface area contributed by atoms with Crippen molar-refractivity contribution in [3.8, 4) is 0 Å². The molecule has 0 aliphatic carbocycles. The first-order valence-electron chi connectivity index (χ1n) is 8.50. The van der Waals surface area contributed by atoms with Crippen LogP contribution in [0.15, 0.2) is 15.6 Å². The lowest BCUT2D eigenvalue weighted by atomic mass is 10.3. The van der Waals surface area contributed by atoms with Gasteiger partial charge in [-0.05, 0) is 13.8 Å². The summed E-state index contributed by atoms with van der Waals surface area (Å²) in [5, 5.41) is 7.31. The Labute approximate surface area is 172 Å². The predicted molar refractivity (Wildman–Crippen MR) is 112 cm³/mol. The quantitative estimate of drug-likeness (QED) is 0.239. The molecule has 1 aliphatic rings. The highest BCUT2D eigenvalue weighted by Crippen LogP contribution is 2.09. The van der Waals surface area contributed by atoms with E-state index in [0.717, 1.165) is 62.9 Å². The van der Waals surface area contributed by atoms with Crippen LogP contribution in [-0.4, -0.2) is 81.4 Å². The first-order valence-corrected chi connectivity index (χ1v) is 10.4. The zero-order valence-electron chi connectivity index (χ0n) is 15.6. The van der Waals surface area contributed by atoms with Gasteiger partial charge in [-0.1, -0.05) is 5.16 Å². The summed E-state index contributed by atoms with van der Waals surface area (Å²) in [5.41, 5.74) is 0.957. The van der Waals surface area contributed by atoms with Crippen LogP contribution in [0.4, 0.5) is 0 Å². The third-order valence-electron chi connectivity index (χ3n) is 3.81. The molecule has 0 radical (unpaired) electrons. The number of aryl methyl sites for hydroxylation is 1. The molecule has 2 N–H and O–H groups in total. The van der Waals surface area contributed by atoms with E-state index in [0.29, 0.717) is 13.1 Å². The minimum Gasteiger partial charge on any atom is -0.361 e. The first-order chi connectivity index (χ1) is 11.9. The zero-order valence-corrected chi connectivity index (χ0v) is 18.7. The summed E-state index contributed by atoms with van der Waals surface area (Å²) in [7, 11) is -3.17. The Balaban J connectivity index is 0.00000338. The Morgan fingerprint density at radius 1 is 1.35 bits per heavy atom. The molecule has 11 heteroatoms. The molecule has 0 spiro atoms. The van der Waals surface area contributed by atoms with Crippen LogP contribution in [-0.2, 0) is 16.6 Å². The average Bonchev–Trinajstić information content (AvgIpc) is 2.95. The van der Waals surface area contributed by atoms with Crippen molar-refractivity contribution in [2.24, 2.45) is 4.99 Å². The molecule has 2 heterocycles. The van der Waals surface area contributed by atoms with E-state index in [-0.39, 0.29) is 24.0 Å². The van der Waals surface area contributed by atoms with Gasteiger partial charge in [-0.25, -0.2) is 13.1 Å². The molecular weight excluding hydrogens is 471 g/mol. The van der Waals surface area contributed by atoms with E-state index in [1.165, 1.54) is 0 Å². The second kappa shape index (κ2) is 11.0. The molecule has 1 aromatic rings. The third-order valence-corrected chi connectivity index (χ3v) is 4.54. The summed E-state index contributed by atoms with van der Waals surface area (Å²) < 4.78 is 29.7. The second-order valence-electron chi connectivity index (χ2n) is 6.09. The van der Waals surface area contributed by atoms with Crippen molar-refractivity contribution in [3.63, 3.8) is 0 Å². The molecule has 0 aromatic carbocycles. The highest BCUT2D eigenvalue weighted by molar-refractivity contribution is 14.0. The number of rotatable bonds is 7. The largest absolute Gasteiger partial charge is 0.361 e. The molecule has 0 bridgehead atoms. The number of aliphatic imine (C=N–C) groups is 1. The van der Waals surface area contributed by atoms with Crippen LogP contribution >= 0.6 is 24.0 Å². The maximum Gasteiger partial charge on any atom is 0.208 e. The van der Waals surface area contributed by atoms with Crippen LogP contribution in [0.25, 0.3) is 0 Å². The second-order valence-corrected chi connectivity index (χ2v) is 7.93. The maximum absolute atomic E-state index is 11.1. The molecule has 0 atom stereocenters. The van der Waals surface area contributed by atoms with Crippen LogP contribution in [0.2, 0.25) is 0 Å². The first kappa shape index (κ1) is 23.1. The lowest BCUT2D eigenvalue weighted by Gasteiger charge is -2.36. The Hall–Kier alpha value is -0.920. The number of hydrogen-bond donors (Lipinski definition) is 2. The van der Waals surface area contributed by atoms with Crippen molar-refractivity contribution < 1.29 is 12.9 Å². The number of hydrogen-bond acceptors (Lipinski definition) is 6. The number of halogens is 1. The van der Waals surface area contributed by atoms with Gasteiger partial charge in [0.05, 0.1) is 18.5 Å². The Morgan fingerprint density at radius 2 is 2.04 bits per heavy atom. The van der Waals surface area contributed by atoms with Gasteiger partial charge in [0.1, 0.15) is 5.76 Å². The molecule has 0 amide bonds. The lowest BCUT2D eigenvalue weighted by Crippen LogP contribution is -2.52. The van der Waals surface area contributed by atoms with Crippen molar-refractivity contribution in [1.82, 2.24) is 25.0 Å². The Morgan fingerprint density at radius 3 is 2.58 bits per heavy atom. The summed E-state index contributed by atoms with van der Waals surface area (Å²) in [4.78, 5) is 9.05. The molecular formula is C15H29IN6O3S. The predicted octanol–water partition coefficient (Wildman–Crippen LogP) is 0.233. The molecule has 1 aliphatic heterocycles. The molecule has 26 heavy (non-hydrogen) atoms. The van der Waals surface area contributed by atoms with E-state index in [2.05, 4.69) is 30.0 Å². The molecule has 1 saturated heterocycles. The molecule has 0 saturated carbocycles. The summed E-state index contributed by atoms with van der Waals surface area (Å²) in [5.74, 6) is 1.66. The van der Waals surface area contributed by atoms with Gasteiger partial charge in [0, 0.05) is 51.9 Å². The molecule has 0 unspecified atom stereocenters. The fourth-order valence-corrected chi connectivity index (χ4v) is 3.12. The Bertz CT molecular complexity index is 671. The van der Waals surface area contributed by atoms with Crippen LogP contribution in [0.1, 0.15) is 18.4 Å². The van der Waals surface area contributed by atoms with E-state index in [9.17, 15) is 8.42 Å². The van der Waals surface area contributed by atoms with E-state index >= 15 is 0 Å². The van der Waals surface area contributed by atoms with Crippen molar-refractivity contribution in [2.75, 3.05) is 52.1 Å². The van der Waals surface area contributed by atoms with Crippen LogP contribution in [0.3, 0.4) is 0 Å². The maximum atomic E-state index is 11.1. The molecule has 2 rings (SSSR count). The van der Waals surface area contributed by atoms with Gasteiger partial charge in [-0.15, -0.1) is 24.0 Å². The van der Waals surface area contributed by atoms with Gasteiger partial charge in [0.25, 0.3) is 0 Å². The van der Waals surface area contributed by atoms with E-state index in [1.54, 1.807) is 0 Å². The summed E-state index contributed by atoms with van der Waals surface area (Å²) in [6.07, 6.45) is 1.15. The third kappa shape index (κ3) is 8.18. The fourth-order valence-electron chi connectivity index (χ4n) is 2.66. The van der Waals surface area contributed by atoms with Gasteiger partial charge in [0.2, 0.25) is 10.0 Å². The molecule has 150 valence electrons. The van der Waals surface area contributed by atoms with Gasteiger partial charge in [-0.3, -0.25) is 9.89 Å². The number of nitrogens with zero attached hydrogens (tertiary/aromatic N) is 4. The van der Waals surface area contributed by atoms with Crippen LogP contribution in [0.5, 0.6) is 0 Å². The SMILES string of the molecule is CCNC(=NCCNS(C)(=O)=O)N1CCN(Cc2cc(C)on2)CC1.I. The van der Waals surface area contributed by atoms with E-state index < -0.39 is 10.0 Å². The summed E-state index contributed by atoms with van der Waals surface area (Å²) in [6.45, 7) is 9.75. The standard InChI is InChI=1S/C15H28N6O3S.HI/c1-4-16-15(17-5-6-18-25(3,22)23)21-9-7-20(8-10-21)12-14-11-13(2)24-19-14;/h11,18H,4-10,12H2,1-3H3,(H,16,17);1H. The van der Waals surface area contributed by atoms with Crippen molar-refractivity contribution in [3.05, 3.63) is 17.5 Å². The number of sulfonamides is 1. The highest BCUT2D eigenvalue weighted by atomic mass is 127. The smallest absolute Gasteiger partial charge is 0.208 e. The normalized spacial score (nSPS) is 16.4. The highest BCUT2D eigenvalue weighted by Gasteiger charge is 2.20. The van der Waals surface area contributed by atoms with Gasteiger partial charge >= 0.3 is 0 Å². The zero-order chi connectivity index (χ0) is 18.3. The Kier molecular flexibility index (Phi) is 9.82. The molecule has 9 nitrogen and oxygen atoms in total. The van der Waals surface area contributed by atoms with Gasteiger partial charge in [-0.2, -0.15) is 0 Å². The minimum atomic E-state index is -3.17. The summed E-state index contributed by atoms with van der Waals surface area (Å²) >= 11 is 0. The topological polar surface area (TPSA) is 103 Å². The van der Waals surface area contributed by atoms with Crippen LogP contribution < -0.4 is 10.0 Å². The fraction of sp³-hybridized carbons (Fsp3) is 0.733. The van der Waals surface area contributed by atoms with E-state index in [4.69, 9.17) is 4.52 Å². The van der Waals surface area contributed by atoms with Crippen molar-refractivity contribution in [1.29, 1.82) is 0 Å². The minimum absolute atomic E-state index is 0. The lowest BCUT2D eigenvalue weighted by molar-refractivity contribution is 0.169. The van der Waals surface area contributed by atoms with E-state index in [1.807, 2.05) is 19.9 Å². The number of piperazine rings is 1. The number of guanidine groups is 1. The average molecular weight is 500 g/mol. The van der Waals surface area contributed by atoms with Gasteiger partial charge in [0.15, 0.2) is 5.96 Å². The van der Waals surface area contributed by atoms with Crippen LogP contribution in [0, 0.1) is 6.92 Å². The van der Waals surface area contributed by atoms with Crippen molar-refractivity contribution in [2.45, 2.75) is 20.4 Å². The van der Waals surface area contributed by atoms with Gasteiger partial charge < -0.3 is 14.7 Å². The molecule has 1 fully saturated rings. The summed E-state index contributed by atoms with van der Waals surface area (Å²) in [6, 6.07) is 1.96. The number of nitrogens with one attached hydrogen (secondary N) is 2. The van der Waals surface area contributed by atoms with Crippen molar-refractivity contribution >= 4 is 40.0 Å². The molecule has 1 aromatic heterocycles. The monoisotopic (exact) mass is 500 g/mol. The number of aromatic nitrogens is 1.